The van der Waals surface area contributed by atoms with Crippen LogP contribution in [0.15, 0.2) is 41.6 Å². The number of nitrogens with one attached hydrogen (secondary N) is 1. The smallest absolute Gasteiger partial charge is 0.230 e. The van der Waals surface area contributed by atoms with Crippen LogP contribution in [0.4, 0.5) is 5.82 Å². The Hall–Kier alpha value is -2.32. The van der Waals surface area contributed by atoms with E-state index in [9.17, 15) is 9.59 Å². The Kier molecular flexibility index (Phi) is 9.38. The first-order chi connectivity index (χ1) is 15.8. The molecule has 33 heavy (non-hydrogen) atoms. The van der Waals surface area contributed by atoms with Crippen molar-refractivity contribution >= 4 is 41.0 Å². The molecule has 7 nitrogen and oxygen atoms in total. The third-order valence-electron chi connectivity index (χ3n) is 5.43. The highest BCUT2D eigenvalue weighted by molar-refractivity contribution is 7.99. The van der Waals surface area contributed by atoms with Crippen molar-refractivity contribution < 1.29 is 9.59 Å². The molecule has 178 valence electrons. The zero-order chi connectivity index (χ0) is 23.8. The molecule has 3 rings (SSSR count). The van der Waals surface area contributed by atoms with Crippen LogP contribution in [0.1, 0.15) is 32.8 Å². The Labute approximate surface area is 205 Å². The Bertz CT molecular complexity index is 944. The zero-order valence-electron chi connectivity index (χ0n) is 19.5. The predicted octanol–water partition coefficient (Wildman–Crippen LogP) is 3.66. The van der Waals surface area contributed by atoms with E-state index in [1.54, 1.807) is 6.07 Å². The van der Waals surface area contributed by atoms with E-state index in [1.165, 1.54) is 17.3 Å². The summed E-state index contributed by atoms with van der Waals surface area (Å²) in [6, 6.07) is 11.9. The lowest BCUT2D eigenvalue weighted by Gasteiger charge is -2.40. The van der Waals surface area contributed by atoms with Crippen molar-refractivity contribution in [3.63, 3.8) is 0 Å². The highest BCUT2D eigenvalue weighted by Gasteiger charge is 2.28. The number of thioether (sulfide) groups is 1. The minimum absolute atomic E-state index is 0.0630. The third kappa shape index (κ3) is 7.89. The molecule has 2 amide bonds. The van der Waals surface area contributed by atoms with Gasteiger partial charge >= 0.3 is 0 Å². The second kappa shape index (κ2) is 12.2. The molecular formula is C24H32ClN5O2S. The zero-order valence-corrected chi connectivity index (χ0v) is 21.0. The van der Waals surface area contributed by atoms with Gasteiger partial charge in [0.2, 0.25) is 11.8 Å². The van der Waals surface area contributed by atoms with E-state index in [-0.39, 0.29) is 23.6 Å². The largest absolute Gasteiger partial charge is 0.355 e. The van der Waals surface area contributed by atoms with E-state index in [0.717, 1.165) is 12.2 Å². The van der Waals surface area contributed by atoms with Crippen LogP contribution in [0, 0.1) is 5.92 Å². The fourth-order valence-electron chi connectivity index (χ4n) is 3.79. The van der Waals surface area contributed by atoms with Gasteiger partial charge in [0.05, 0.1) is 5.75 Å². The summed E-state index contributed by atoms with van der Waals surface area (Å²) in [5.41, 5.74) is 1.19. The van der Waals surface area contributed by atoms with E-state index in [0.29, 0.717) is 48.8 Å². The highest BCUT2D eigenvalue weighted by atomic mass is 35.5. The lowest BCUT2D eigenvalue weighted by atomic mass is 10.1. The molecule has 1 aromatic heterocycles. The number of hydrogen-bond acceptors (Lipinski definition) is 6. The summed E-state index contributed by atoms with van der Waals surface area (Å²) in [5, 5.41) is 3.75. The number of hydrogen-bond donors (Lipinski definition) is 1. The Morgan fingerprint density at radius 2 is 1.97 bits per heavy atom. The first-order valence-electron chi connectivity index (χ1n) is 11.3. The fourth-order valence-corrected chi connectivity index (χ4v) is 4.70. The van der Waals surface area contributed by atoms with Gasteiger partial charge in [0.25, 0.3) is 0 Å². The molecule has 1 saturated heterocycles. The summed E-state index contributed by atoms with van der Waals surface area (Å²) in [6.07, 6.45) is 1.36. The Balaban J connectivity index is 1.51. The number of anilines is 1. The normalized spacial score (nSPS) is 16.2. The number of carbonyl (C=O) groups excluding carboxylic acids is 2. The Morgan fingerprint density at radius 3 is 2.67 bits per heavy atom. The third-order valence-corrected chi connectivity index (χ3v) is 6.47. The maximum Gasteiger partial charge on any atom is 0.230 e. The maximum absolute atomic E-state index is 12.5. The van der Waals surface area contributed by atoms with Crippen LogP contribution < -0.4 is 10.2 Å². The first-order valence-corrected chi connectivity index (χ1v) is 12.7. The SMILES string of the molecule is CC(C)CC(=O)N1CCN(c2cc(Cl)nc(SCC(=O)NCCc3ccccc3)n2)CC1C. The van der Waals surface area contributed by atoms with Gasteiger partial charge < -0.3 is 15.1 Å². The van der Waals surface area contributed by atoms with E-state index in [4.69, 9.17) is 11.6 Å². The average Bonchev–Trinajstić information content (AvgIpc) is 2.77. The lowest BCUT2D eigenvalue weighted by molar-refractivity contribution is -0.134. The van der Waals surface area contributed by atoms with Crippen molar-refractivity contribution in [3.8, 4) is 0 Å². The van der Waals surface area contributed by atoms with Crippen LogP contribution >= 0.6 is 23.4 Å². The maximum atomic E-state index is 12.5. The van der Waals surface area contributed by atoms with Crippen molar-refractivity contribution in [3.05, 3.63) is 47.1 Å². The number of piperazine rings is 1. The molecule has 0 radical (unpaired) electrons. The molecule has 0 saturated carbocycles. The van der Waals surface area contributed by atoms with Gasteiger partial charge in [-0.3, -0.25) is 9.59 Å². The number of halogens is 1. The van der Waals surface area contributed by atoms with Crippen molar-refractivity contribution in [2.24, 2.45) is 5.92 Å². The number of carbonyl (C=O) groups is 2. The molecule has 0 aliphatic carbocycles. The lowest BCUT2D eigenvalue weighted by Crippen LogP contribution is -2.54. The second-order valence-electron chi connectivity index (χ2n) is 8.69. The minimum Gasteiger partial charge on any atom is -0.355 e. The highest BCUT2D eigenvalue weighted by Crippen LogP contribution is 2.24. The van der Waals surface area contributed by atoms with Crippen LogP contribution in [0.3, 0.4) is 0 Å². The minimum atomic E-state index is -0.0630. The molecule has 0 spiro atoms. The van der Waals surface area contributed by atoms with Gasteiger partial charge in [-0.05, 0) is 24.8 Å². The molecular weight excluding hydrogens is 458 g/mol. The van der Waals surface area contributed by atoms with Crippen LogP contribution in [0.5, 0.6) is 0 Å². The van der Waals surface area contributed by atoms with E-state index < -0.39 is 0 Å². The van der Waals surface area contributed by atoms with E-state index >= 15 is 0 Å². The van der Waals surface area contributed by atoms with Gasteiger partial charge in [-0.25, -0.2) is 9.97 Å². The van der Waals surface area contributed by atoms with Gasteiger partial charge in [0.1, 0.15) is 11.0 Å². The number of nitrogens with zero attached hydrogens (tertiary/aromatic N) is 4. The number of aromatic nitrogens is 2. The summed E-state index contributed by atoms with van der Waals surface area (Å²) < 4.78 is 0. The van der Waals surface area contributed by atoms with Gasteiger partial charge in [-0.15, -0.1) is 0 Å². The number of amides is 2. The molecule has 0 bridgehead atoms. The molecule has 1 fully saturated rings. The number of benzene rings is 1. The predicted molar refractivity (Wildman–Crippen MR) is 134 cm³/mol. The van der Waals surface area contributed by atoms with Crippen molar-refractivity contribution in [2.45, 2.75) is 44.8 Å². The summed E-state index contributed by atoms with van der Waals surface area (Å²) in [4.78, 5) is 37.7. The van der Waals surface area contributed by atoms with Crippen LogP contribution in [-0.4, -0.2) is 64.7 Å². The molecule has 1 aromatic carbocycles. The number of rotatable bonds is 9. The summed E-state index contributed by atoms with van der Waals surface area (Å²) >= 11 is 7.52. The quantitative estimate of drug-likeness (QED) is 0.329. The van der Waals surface area contributed by atoms with E-state index in [1.807, 2.05) is 35.2 Å². The molecule has 1 atom stereocenters. The summed E-state index contributed by atoms with van der Waals surface area (Å²) in [6.45, 7) is 8.79. The van der Waals surface area contributed by atoms with Crippen LogP contribution in [0.25, 0.3) is 0 Å². The van der Waals surface area contributed by atoms with E-state index in [2.05, 4.69) is 41.0 Å². The fraction of sp³-hybridized carbons (Fsp3) is 0.500. The standard InChI is InChI=1S/C24H32ClN5O2S/c1-17(2)13-23(32)30-12-11-29(15-18(30)3)21-14-20(25)27-24(28-21)33-16-22(31)26-10-9-19-7-5-4-6-8-19/h4-8,14,17-18H,9-13,15-16H2,1-3H3,(H,26,31). The first kappa shape index (κ1) is 25.3. The second-order valence-corrected chi connectivity index (χ2v) is 10.0. The molecule has 1 aliphatic heterocycles. The molecule has 1 unspecified atom stereocenters. The average molecular weight is 490 g/mol. The van der Waals surface area contributed by atoms with Gasteiger partial charge in [0.15, 0.2) is 5.16 Å². The molecule has 1 aliphatic rings. The Morgan fingerprint density at radius 1 is 1.21 bits per heavy atom. The molecule has 9 heteroatoms. The molecule has 1 N–H and O–H groups in total. The van der Waals surface area contributed by atoms with Crippen LogP contribution in [0.2, 0.25) is 5.15 Å². The van der Waals surface area contributed by atoms with Crippen molar-refractivity contribution in [1.29, 1.82) is 0 Å². The summed E-state index contributed by atoms with van der Waals surface area (Å²) in [7, 11) is 0. The topological polar surface area (TPSA) is 78.4 Å². The molecule has 2 heterocycles. The van der Waals surface area contributed by atoms with Gasteiger partial charge in [-0.1, -0.05) is 67.5 Å². The van der Waals surface area contributed by atoms with Crippen molar-refractivity contribution in [2.75, 3.05) is 36.8 Å². The van der Waals surface area contributed by atoms with Crippen LogP contribution in [-0.2, 0) is 16.0 Å². The van der Waals surface area contributed by atoms with Gasteiger partial charge in [-0.2, -0.15) is 0 Å². The molecule has 2 aromatic rings. The van der Waals surface area contributed by atoms with Gasteiger partial charge in [0, 0.05) is 44.7 Å². The van der Waals surface area contributed by atoms with Crippen molar-refractivity contribution in [1.82, 2.24) is 20.2 Å². The summed E-state index contributed by atoms with van der Waals surface area (Å²) in [5.74, 6) is 1.44. The monoisotopic (exact) mass is 489 g/mol.